The number of carbonyl (C=O) groups is 1. The second-order valence-corrected chi connectivity index (χ2v) is 8.23. The van der Waals surface area contributed by atoms with Gasteiger partial charge in [0.05, 0.1) is 11.3 Å². The molecule has 1 amide bonds. The lowest BCUT2D eigenvalue weighted by Crippen LogP contribution is -2.45. The molecule has 0 aliphatic rings. The van der Waals surface area contributed by atoms with Gasteiger partial charge in [0.2, 0.25) is 4.87 Å². The zero-order chi connectivity index (χ0) is 19.5. The molecule has 1 heterocycles. The van der Waals surface area contributed by atoms with Crippen LogP contribution >= 0.6 is 0 Å². The Morgan fingerprint density at radius 1 is 0.963 bits per heavy atom. The minimum absolute atomic E-state index is 0.192. The highest BCUT2D eigenvalue weighted by Crippen LogP contribution is 2.38. The molecule has 0 radical (unpaired) electrons. The molecule has 0 saturated carbocycles. The van der Waals surface area contributed by atoms with E-state index in [1.807, 2.05) is 0 Å². The van der Waals surface area contributed by atoms with Crippen LogP contribution in [0.4, 0.5) is 5.69 Å². The van der Waals surface area contributed by atoms with Crippen molar-refractivity contribution in [2.75, 3.05) is 11.6 Å². The number of para-hydroxylation sites is 1. The monoisotopic (exact) mass is 381 g/mol. The zero-order valence-electron chi connectivity index (χ0n) is 14.7. The number of hydrogen-bond donors (Lipinski definition) is 2. The van der Waals surface area contributed by atoms with Crippen LogP contribution in [0.5, 0.6) is 0 Å². The van der Waals surface area contributed by atoms with E-state index >= 15 is 0 Å². The molecule has 0 fully saturated rings. The summed E-state index contributed by atoms with van der Waals surface area (Å²) in [6.07, 6.45) is 2.66. The predicted molar refractivity (Wildman–Crippen MR) is 105 cm³/mol. The first-order chi connectivity index (χ1) is 12.9. The number of rotatable bonds is 6. The van der Waals surface area contributed by atoms with E-state index in [9.17, 15) is 13.2 Å². The maximum Gasteiger partial charge on any atom is 0.250 e. The minimum Gasteiger partial charge on any atom is -0.366 e. The van der Waals surface area contributed by atoms with Crippen molar-refractivity contribution in [2.45, 2.75) is 4.87 Å². The van der Waals surface area contributed by atoms with Gasteiger partial charge in [-0.05, 0) is 29.8 Å². The number of nitrogens with two attached hydrogens (primary N) is 1. The van der Waals surface area contributed by atoms with Crippen LogP contribution in [0.15, 0.2) is 79.0 Å². The summed E-state index contributed by atoms with van der Waals surface area (Å²) in [6.45, 7) is 0. The summed E-state index contributed by atoms with van der Waals surface area (Å²) in [4.78, 5) is 14.5. The Hall–Kier alpha value is -3.19. The molecule has 0 spiro atoms. The Labute approximate surface area is 158 Å². The molecule has 0 bridgehead atoms. The number of aromatic nitrogens is 1. The Balaban J connectivity index is 2.33. The van der Waals surface area contributed by atoms with Crippen LogP contribution in [-0.4, -0.2) is 25.6 Å². The fourth-order valence-corrected chi connectivity index (χ4v) is 4.38. The highest BCUT2D eigenvalue weighted by atomic mass is 32.2. The first-order valence-electron chi connectivity index (χ1n) is 8.20. The molecule has 3 aromatic rings. The topological polar surface area (TPSA) is 102 Å². The van der Waals surface area contributed by atoms with Gasteiger partial charge < -0.3 is 11.1 Å². The van der Waals surface area contributed by atoms with E-state index in [-0.39, 0.29) is 11.3 Å². The number of hydrogen-bond acceptors (Lipinski definition) is 5. The molecule has 138 valence electrons. The smallest absolute Gasteiger partial charge is 0.250 e. The molecule has 3 rings (SSSR count). The Bertz CT molecular complexity index is 1010. The minimum atomic E-state index is -3.80. The number of benzene rings is 2. The second kappa shape index (κ2) is 7.20. The first kappa shape index (κ1) is 18.6. The summed E-state index contributed by atoms with van der Waals surface area (Å²) in [6, 6.07) is 20.3. The van der Waals surface area contributed by atoms with Crippen LogP contribution in [0.1, 0.15) is 21.6 Å². The normalized spacial score (nSPS) is 13.5. The van der Waals surface area contributed by atoms with E-state index in [1.54, 1.807) is 72.8 Å². The van der Waals surface area contributed by atoms with Gasteiger partial charge in [-0.1, -0.05) is 48.5 Å². The molecule has 3 N–H and O–H groups in total. The van der Waals surface area contributed by atoms with Crippen molar-refractivity contribution >= 4 is 21.4 Å². The van der Waals surface area contributed by atoms with Crippen molar-refractivity contribution in [3.63, 3.8) is 0 Å². The number of nitrogens with zero attached hydrogens (tertiary/aromatic N) is 1. The van der Waals surface area contributed by atoms with E-state index in [2.05, 4.69) is 10.3 Å². The molecular weight excluding hydrogens is 362 g/mol. The van der Waals surface area contributed by atoms with Crippen molar-refractivity contribution in [2.24, 2.45) is 5.73 Å². The molecule has 1 aromatic heterocycles. The summed E-state index contributed by atoms with van der Waals surface area (Å²) in [5.41, 5.74) is 6.75. The van der Waals surface area contributed by atoms with Crippen molar-refractivity contribution in [1.82, 2.24) is 4.98 Å². The predicted octanol–water partition coefficient (Wildman–Crippen LogP) is 2.54. The average Bonchev–Trinajstić information content (AvgIpc) is 2.66. The first-order valence-corrected chi connectivity index (χ1v) is 10.1. The molecule has 7 heteroatoms. The highest BCUT2D eigenvalue weighted by molar-refractivity contribution is 7.92. The van der Waals surface area contributed by atoms with Gasteiger partial charge in [0, 0.05) is 18.1 Å². The maximum absolute atomic E-state index is 13.1. The van der Waals surface area contributed by atoms with Gasteiger partial charge >= 0.3 is 0 Å². The van der Waals surface area contributed by atoms with E-state index in [0.29, 0.717) is 11.3 Å². The van der Waals surface area contributed by atoms with E-state index in [1.165, 1.54) is 6.20 Å². The number of pyridine rings is 1. The summed E-state index contributed by atoms with van der Waals surface area (Å²) in [5, 5.41) is 3.06. The summed E-state index contributed by atoms with van der Waals surface area (Å²) >= 11 is 0. The maximum atomic E-state index is 13.1. The van der Waals surface area contributed by atoms with Crippen molar-refractivity contribution in [3.8, 4) is 0 Å². The molecule has 2 aromatic carbocycles. The number of anilines is 1. The van der Waals surface area contributed by atoms with Gasteiger partial charge in [-0.2, -0.15) is 0 Å². The van der Waals surface area contributed by atoms with E-state index in [4.69, 9.17) is 5.73 Å². The third kappa shape index (κ3) is 3.41. The van der Waals surface area contributed by atoms with Crippen molar-refractivity contribution in [3.05, 3.63) is 95.8 Å². The third-order valence-electron chi connectivity index (χ3n) is 4.27. The van der Waals surface area contributed by atoms with Gasteiger partial charge in [-0.3, -0.25) is 9.78 Å². The molecule has 0 aliphatic carbocycles. The quantitative estimate of drug-likeness (QED) is 0.683. The average molecular weight is 381 g/mol. The Kier molecular flexibility index (Phi) is 4.96. The number of sulfone groups is 1. The van der Waals surface area contributed by atoms with Gasteiger partial charge in [0.15, 0.2) is 9.84 Å². The van der Waals surface area contributed by atoms with Gasteiger partial charge in [-0.25, -0.2) is 8.42 Å². The largest absolute Gasteiger partial charge is 0.366 e. The molecule has 6 nitrogen and oxygen atoms in total. The lowest BCUT2D eigenvalue weighted by atomic mass is 10.0. The summed E-state index contributed by atoms with van der Waals surface area (Å²) < 4.78 is 26.2. The van der Waals surface area contributed by atoms with Crippen LogP contribution in [0, 0.1) is 0 Å². The molecule has 0 aliphatic heterocycles. The van der Waals surface area contributed by atoms with Crippen LogP contribution in [0.25, 0.3) is 0 Å². The molecule has 1 atom stereocenters. The van der Waals surface area contributed by atoms with Crippen LogP contribution < -0.4 is 11.1 Å². The Morgan fingerprint density at radius 3 is 2.19 bits per heavy atom. The van der Waals surface area contributed by atoms with Gasteiger partial charge in [-0.15, -0.1) is 0 Å². The Morgan fingerprint density at radius 2 is 1.59 bits per heavy atom. The fourth-order valence-electron chi connectivity index (χ4n) is 3.02. The van der Waals surface area contributed by atoms with Crippen LogP contribution in [0.3, 0.4) is 0 Å². The van der Waals surface area contributed by atoms with Gasteiger partial charge in [0.1, 0.15) is 0 Å². The standard InChI is InChI=1S/C20H19N3O3S/c1-27(25,26)20(15-9-3-2-4-10-15,18-13-7-8-14-22-18)23-17-12-6-5-11-16(17)19(21)24/h2-14,23H,1H3,(H2,21,24). The van der Waals surface area contributed by atoms with E-state index in [0.717, 1.165) is 6.26 Å². The SMILES string of the molecule is CS(=O)(=O)C(Nc1ccccc1C(N)=O)(c1ccccc1)c1ccccn1. The summed E-state index contributed by atoms with van der Waals surface area (Å²) in [7, 11) is -3.80. The lowest BCUT2D eigenvalue weighted by Gasteiger charge is -2.34. The van der Waals surface area contributed by atoms with Crippen LogP contribution in [0.2, 0.25) is 0 Å². The number of amides is 1. The van der Waals surface area contributed by atoms with Gasteiger partial charge in [0.25, 0.3) is 5.91 Å². The molecule has 1 unspecified atom stereocenters. The van der Waals surface area contributed by atoms with E-state index < -0.39 is 20.6 Å². The number of nitrogens with one attached hydrogen (secondary N) is 1. The second-order valence-electron chi connectivity index (χ2n) is 6.07. The van der Waals surface area contributed by atoms with Crippen molar-refractivity contribution in [1.29, 1.82) is 0 Å². The number of carbonyl (C=O) groups excluding carboxylic acids is 1. The molecular formula is C20H19N3O3S. The summed E-state index contributed by atoms with van der Waals surface area (Å²) in [5.74, 6) is -0.658. The highest BCUT2D eigenvalue weighted by Gasteiger charge is 2.46. The van der Waals surface area contributed by atoms with Crippen LogP contribution in [-0.2, 0) is 14.7 Å². The lowest BCUT2D eigenvalue weighted by molar-refractivity contribution is 0.100. The molecule has 27 heavy (non-hydrogen) atoms. The molecule has 0 saturated heterocycles. The fraction of sp³-hybridized carbons (Fsp3) is 0.100. The zero-order valence-corrected chi connectivity index (χ0v) is 15.5. The number of primary amides is 1. The third-order valence-corrected chi connectivity index (χ3v) is 5.92. The van der Waals surface area contributed by atoms with Crippen molar-refractivity contribution < 1.29 is 13.2 Å².